The van der Waals surface area contributed by atoms with Crippen LogP contribution in [-0.4, -0.2) is 36.1 Å². The van der Waals surface area contributed by atoms with Crippen molar-refractivity contribution in [3.05, 3.63) is 0 Å². The van der Waals surface area contributed by atoms with E-state index in [9.17, 15) is 0 Å². The Labute approximate surface area is 48.3 Å². The summed E-state index contributed by atoms with van der Waals surface area (Å²) < 4.78 is 0. The number of rotatable bonds is 4. The largest absolute Gasteiger partial charge is 0.394 e. The molecule has 0 spiro atoms. The molecule has 4 nitrogen and oxygen atoms in total. The van der Waals surface area contributed by atoms with Crippen molar-refractivity contribution in [2.45, 2.75) is 6.10 Å². The molecule has 0 amide bonds. The second-order valence-electron chi connectivity index (χ2n) is 1.49. The molecule has 0 aliphatic heterocycles. The molecule has 0 aromatic rings. The van der Waals surface area contributed by atoms with Crippen LogP contribution < -0.4 is 11.1 Å². The third-order valence-electron chi connectivity index (χ3n) is 0.735. The highest BCUT2D eigenvalue weighted by molar-refractivity contribution is 4.53. The van der Waals surface area contributed by atoms with Crippen LogP contribution in [0.15, 0.2) is 0 Å². The first-order chi connectivity index (χ1) is 3.81. The van der Waals surface area contributed by atoms with Crippen LogP contribution in [0.1, 0.15) is 0 Å². The first-order valence-electron chi connectivity index (χ1n) is 2.51. The Morgan fingerprint density at radius 1 is 1.62 bits per heavy atom. The third-order valence-corrected chi connectivity index (χ3v) is 0.735. The van der Waals surface area contributed by atoms with Gasteiger partial charge >= 0.3 is 0 Å². The van der Waals surface area contributed by atoms with Crippen LogP contribution in [0.5, 0.6) is 0 Å². The maximum absolute atomic E-state index is 8.62. The monoisotopic (exact) mass is 120 g/mol. The van der Waals surface area contributed by atoms with Gasteiger partial charge in [0, 0.05) is 13.2 Å². The zero-order chi connectivity index (χ0) is 6.41. The fourth-order valence-corrected chi connectivity index (χ4v) is 0.314. The topological polar surface area (TPSA) is 78.5 Å². The average Bonchev–Trinajstić information content (AvgIpc) is 1.83. The second-order valence-corrected chi connectivity index (χ2v) is 1.49. The highest BCUT2D eigenvalue weighted by Gasteiger charge is 1.96. The molecule has 0 aliphatic carbocycles. The summed E-state index contributed by atoms with van der Waals surface area (Å²) in [5.41, 5.74) is 5.03. The minimum absolute atomic E-state index is 0.215. The summed E-state index contributed by atoms with van der Waals surface area (Å²) in [6, 6.07) is 0. The van der Waals surface area contributed by atoms with Crippen LogP contribution in [0.25, 0.3) is 0 Å². The quantitative estimate of drug-likeness (QED) is 0.319. The predicted octanol–water partition coefficient (Wildman–Crippen LogP) is -2.15. The van der Waals surface area contributed by atoms with Gasteiger partial charge in [-0.3, -0.25) is 0 Å². The highest BCUT2D eigenvalue weighted by Crippen LogP contribution is 1.73. The maximum Gasteiger partial charge on any atom is 0.0895 e. The van der Waals surface area contributed by atoms with Crippen molar-refractivity contribution in [1.29, 1.82) is 0 Å². The van der Waals surface area contributed by atoms with Crippen LogP contribution >= 0.6 is 0 Å². The van der Waals surface area contributed by atoms with Crippen LogP contribution in [0, 0.1) is 0 Å². The van der Waals surface area contributed by atoms with Crippen LogP contribution in [0.4, 0.5) is 0 Å². The first kappa shape index (κ1) is 7.84. The Hall–Kier alpha value is -0.160. The van der Waals surface area contributed by atoms with Crippen LogP contribution in [-0.2, 0) is 0 Å². The van der Waals surface area contributed by atoms with Gasteiger partial charge in [-0.1, -0.05) is 0 Å². The van der Waals surface area contributed by atoms with E-state index in [1.165, 1.54) is 0 Å². The summed E-state index contributed by atoms with van der Waals surface area (Å²) in [5.74, 6) is 0. The second kappa shape index (κ2) is 4.99. The molecule has 5 N–H and O–H groups in total. The predicted molar refractivity (Wildman–Crippen MR) is 30.1 cm³/mol. The van der Waals surface area contributed by atoms with Crippen LogP contribution in [0.3, 0.4) is 0 Å². The molecule has 0 aliphatic rings. The van der Waals surface area contributed by atoms with Crippen molar-refractivity contribution in [2.75, 3.05) is 19.8 Å². The lowest BCUT2D eigenvalue weighted by molar-refractivity contribution is 0.0948. The van der Waals surface area contributed by atoms with E-state index in [-0.39, 0.29) is 6.61 Å². The van der Waals surface area contributed by atoms with Crippen molar-refractivity contribution in [2.24, 2.45) is 5.73 Å². The van der Waals surface area contributed by atoms with E-state index >= 15 is 0 Å². The van der Waals surface area contributed by atoms with Crippen molar-refractivity contribution >= 4 is 0 Å². The first-order valence-corrected chi connectivity index (χ1v) is 2.51. The van der Waals surface area contributed by atoms with Gasteiger partial charge in [-0.05, 0) is 0 Å². The van der Waals surface area contributed by atoms with Gasteiger partial charge in [0.05, 0.1) is 12.7 Å². The molecule has 50 valence electrons. The molecule has 0 aromatic carbocycles. The van der Waals surface area contributed by atoms with Crippen molar-refractivity contribution in [3.8, 4) is 0 Å². The number of hydrogen-bond donors (Lipinski definition) is 4. The molecule has 8 heavy (non-hydrogen) atoms. The molecule has 0 fully saturated rings. The molecule has 0 rings (SSSR count). The standard InChI is InChI=1S/C4H12N2O2/c5-3-6-1-4(8)2-7/h4,6-8H,1-3,5H2. The number of aliphatic hydroxyl groups is 2. The number of hydrogen-bond acceptors (Lipinski definition) is 4. The highest BCUT2D eigenvalue weighted by atomic mass is 16.3. The van der Waals surface area contributed by atoms with Gasteiger partial charge in [-0.25, -0.2) is 0 Å². The van der Waals surface area contributed by atoms with E-state index in [1.807, 2.05) is 0 Å². The van der Waals surface area contributed by atoms with Crippen LogP contribution in [0.2, 0.25) is 0 Å². The molecule has 0 saturated carbocycles. The average molecular weight is 120 g/mol. The van der Waals surface area contributed by atoms with E-state index in [2.05, 4.69) is 5.32 Å². The molecule has 0 heterocycles. The van der Waals surface area contributed by atoms with Gasteiger partial charge < -0.3 is 21.3 Å². The summed E-state index contributed by atoms with van der Waals surface area (Å²) in [5, 5.41) is 19.5. The summed E-state index contributed by atoms with van der Waals surface area (Å²) in [6.07, 6.45) is -0.682. The number of aliphatic hydroxyl groups excluding tert-OH is 2. The van der Waals surface area contributed by atoms with E-state index in [0.717, 1.165) is 0 Å². The minimum atomic E-state index is -0.682. The van der Waals surface area contributed by atoms with Gasteiger partial charge in [-0.2, -0.15) is 0 Å². The molecule has 0 saturated heterocycles. The van der Waals surface area contributed by atoms with Gasteiger partial charge in [0.1, 0.15) is 0 Å². The summed E-state index contributed by atoms with van der Waals surface area (Å²) in [7, 11) is 0. The lowest BCUT2D eigenvalue weighted by Crippen LogP contribution is -2.32. The fraction of sp³-hybridized carbons (Fsp3) is 1.00. The Kier molecular flexibility index (Phi) is 4.89. The molecule has 1 unspecified atom stereocenters. The van der Waals surface area contributed by atoms with E-state index in [1.54, 1.807) is 0 Å². The Morgan fingerprint density at radius 3 is 2.62 bits per heavy atom. The lowest BCUT2D eigenvalue weighted by atomic mass is 10.4. The van der Waals surface area contributed by atoms with E-state index in [0.29, 0.717) is 13.2 Å². The Balaban J connectivity index is 2.86. The summed E-state index contributed by atoms with van der Waals surface area (Å²) in [6.45, 7) is 0.469. The van der Waals surface area contributed by atoms with Crippen molar-refractivity contribution < 1.29 is 10.2 Å². The molecule has 0 radical (unpaired) electrons. The van der Waals surface area contributed by atoms with Crippen molar-refractivity contribution in [1.82, 2.24) is 5.32 Å². The molecule has 0 bridgehead atoms. The summed E-state index contributed by atoms with van der Waals surface area (Å²) in [4.78, 5) is 0. The summed E-state index contributed by atoms with van der Waals surface area (Å²) >= 11 is 0. The van der Waals surface area contributed by atoms with Gasteiger partial charge in [0.15, 0.2) is 0 Å². The SMILES string of the molecule is NCNCC(O)CO. The normalized spacial score (nSPS) is 13.9. The Bertz CT molecular complexity index is 51.3. The molecular weight excluding hydrogens is 108 g/mol. The lowest BCUT2D eigenvalue weighted by Gasteiger charge is -2.05. The zero-order valence-corrected chi connectivity index (χ0v) is 4.67. The minimum Gasteiger partial charge on any atom is -0.394 e. The number of nitrogens with two attached hydrogens (primary N) is 1. The molecule has 0 aromatic heterocycles. The van der Waals surface area contributed by atoms with Gasteiger partial charge in [-0.15, -0.1) is 0 Å². The Morgan fingerprint density at radius 2 is 2.25 bits per heavy atom. The van der Waals surface area contributed by atoms with Crippen molar-refractivity contribution in [3.63, 3.8) is 0 Å². The van der Waals surface area contributed by atoms with Gasteiger partial charge in [0.2, 0.25) is 0 Å². The fourth-order valence-electron chi connectivity index (χ4n) is 0.314. The molecule has 4 heteroatoms. The molecule has 1 atom stereocenters. The smallest absolute Gasteiger partial charge is 0.0895 e. The maximum atomic E-state index is 8.62. The van der Waals surface area contributed by atoms with E-state index in [4.69, 9.17) is 15.9 Å². The van der Waals surface area contributed by atoms with Gasteiger partial charge in [0.25, 0.3) is 0 Å². The van der Waals surface area contributed by atoms with E-state index < -0.39 is 6.10 Å². The zero-order valence-electron chi connectivity index (χ0n) is 4.67. The third kappa shape index (κ3) is 4.01. The number of nitrogens with one attached hydrogen (secondary N) is 1. The molecular formula is C4H12N2O2.